The van der Waals surface area contributed by atoms with Crippen molar-refractivity contribution in [1.29, 1.82) is 0 Å². The molecule has 0 aliphatic heterocycles. The molecule has 0 unspecified atom stereocenters. The second-order valence-electron chi connectivity index (χ2n) is 5.09. The molecule has 0 aliphatic carbocycles. The molecule has 20 heavy (non-hydrogen) atoms. The van der Waals surface area contributed by atoms with Crippen LogP contribution in [0.5, 0.6) is 0 Å². The minimum Gasteiger partial charge on any atom is -0.319 e. The van der Waals surface area contributed by atoms with E-state index in [1.807, 2.05) is 43.4 Å². The highest BCUT2D eigenvalue weighted by atomic mass is 35.5. The van der Waals surface area contributed by atoms with Crippen LogP contribution < -0.4 is 5.32 Å². The summed E-state index contributed by atoms with van der Waals surface area (Å²) in [6.07, 6.45) is 2.02. The van der Waals surface area contributed by atoms with Crippen molar-refractivity contribution in [3.8, 4) is 0 Å². The lowest BCUT2D eigenvalue weighted by atomic mass is 9.92. The molecule has 3 heteroatoms. The fourth-order valence-corrected chi connectivity index (χ4v) is 2.93. The van der Waals surface area contributed by atoms with Crippen LogP contribution in [0.4, 0.5) is 0 Å². The molecule has 0 saturated heterocycles. The van der Waals surface area contributed by atoms with E-state index >= 15 is 0 Å². The van der Waals surface area contributed by atoms with Crippen LogP contribution in [0.2, 0.25) is 10.0 Å². The predicted molar refractivity (Wildman–Crippen MR) is 87.7 cm³/mol. The topological polar surface area (TPSA) is 12.0 Å². The molecule has 0 atom stereocenters. The van der Waals surface area contributed by atoms with E-state index in [1.165, 1.54) is 11.1 Å². The third-order valence-corrected chi connectivity index (χ3v) is 3.79. The van der Waals surface area contributed by atoms with Crippen molar-refractivity contribution in [2.45, 2.75) is 12.8 Å². The van der Waals surface area contributed by atoms with Gasteiger partial charge in [-0.15, -0.1) is 0 Å². The van der Waals surface area contributed by atoms with Crippen LogP contribution in [0.1, 0.15) is 11.1 Å². The van der Waals surface area contributed by atoms with E-state index in [0.29, 0.717) is 5.92 Å². The summed E-state index contributed by atoms with van der Waals surface area (Å²) in [7, 11) is 1.99. The van der Waals surface area contributed by atoms with E-state index < -0.39 is 0 Å². The van der Waals surface area contributed by atoms with Gasteiger partial charge in [0.2, 0.25) is 0 Å². The van der Waals surface area contributed by atoms with E-state index in [1.54, 1.807) is 0 Å². The first-order valence-electron chi connectivity index (χ1n) is 6.81. The van der Waals surface area contributed by atoms with Gasteiger partial charge < -0.3 is 5.32 Å². The Balaban J connectivity index is 2.07. The molecule has 2 aromatic carbocycles. The SMILES string of the molecule is CNCC(Cc1cccc(Cl)c1)Cc1cccc(Cl)c1. The third kappa shape index (κ3) is 4.82. The molecule has 0 fully saturated rings. The lowest BCUT2D eigenvalue weighted by Crippen LogP contribution is -2.22. The number of hydrogen-bond donors (Lipinski definition) is 1. The summed E-state index contributed by atoms with van der Waals surface area (Å²) in [4.78, 5) is 0. The molecule has 2 rings (SSSR count). The van der Waals surface area contributed by atoms with Gasteiger partial charge in [-0.3, -0.25) is 0 Å². The second kappa shape index (κ2) is 7.68. The normalized spacial score (nSPS) is 11.0. The van der Waals surface area contributed by atoms with Crippen molar-refractivity contribution < 1.29 is 0 Å². The van der Waals surface area contributed by atoms with Crippen LogP contribution >= 0.6 is 23.2 Å². The van der Waals surface area contributed by atoms with Gasteiger partial charge in [-0.1, -0.05) is 47.5 Å². The molecule has 0 heterocycles. The van der Waals surface area contributed by atoms with Crippen molar-refractivity contribution in [2.24, 2.45) is 5.92 Å². The molecule has 1 nitrogen and oxygen atoms in total. The number of nitrogens with one attached hydrogen (secondary N) is 1. The van der Waals surface area contributed by atoms with E-state index in [4.69, 9.17) is 23.2 Å². The van der Waals surface area contributed by atoms with Gasteiger partial charge in [0.1, 0.15) is 0 Å². The number of halogens is 2. The van der Waals surface area contributed by atoms with Gasteiger partial charge in [0.15, 0.2) is 0 Å². The van der Waals surface area contributed by atoms with Gasteiger partial charge in [0.25, 0.3) is 0 Å². The lowest BCUT2D eigenvalue weighted by molar-refractivity contribution is 0.493. The number of benzene rings is 2. The molecule has 0 radical (unpaired) electrons. The van der Waals surface area contributed by atoms with Crippen molar-refractivity contribution >= 4 is 23.2 Å². The first-order valence-corrected chi connectivity index (χ1v) is 7.56. The molecule has 2 aromatic rings. The second-order valence-corrected chi connectivity index (χ2v) is 5.96. The van der Waals surface area contributed by atoms with E-state index in [-0.39, 0.29) is 0 Å². The Morgan fingerprint density at radius 3 is 1.80 bits per heavy atom. The van der Waals surface area contributed by atoms with E-state index in [9.17, 15) is 0 Å². The summed E-state index contributed by atoms with van der Waals surface area (Å²) in [6, 6.07) is 16.2. The zero-order valence-electron chi connectivity index (χ0n) is 11.6. The van der Waals surface area contributed by atoms with Crippen molar-refractivity contribution in [3.05, 3.63) is 69.7 Å². The first kappa shape index (κ1) is 15.4. The zero-order valence-corrected chi connectivity index (χ0v) is 13.1. The molecule has 0 saturated carbocycles. The summed E-state index contributed by atoms with van der Waals surface area (Å²) < 4.78 is 0. The van der Waals surface area contributed by atoms with Gasteiger partial charge in [-0.25, -0.2) is 0 Å². The molecule has 0 aromatic heterocycles. The van der Waals surface area contributed by atoms with Crippen molar-refractivity contribution in [1.82, 2.24) is 5.32 Å². The highest BCUT2D eigenvalue weighted by molar-refractivity contribution is 6.30. The van der Waals surface area contributed by atoms with Gasteiger partial charge in [-0.05, 0) is 67.7 Å². The van der Waals surface area contributed by atoms with Gasteiger partial charge in [0.05, 0.1) is 0 Å². The molecule has 1 N–H and O–H groups in total. The van der Waals surface area contributed by atoms with Crippen LogP contribution in [-0.4, -0.2) is 13.6 Å². The molecule has 0 spiro atoms. The van der Waals surface area contributed by atoms with Gasteiger partial charge in [-0.2, -0.15) is 0 Å². The minimum absolute atomic E-state index is 0.525. The van der Waals surface area contributed by atoms with Crippen LogP contribution in [0.25, 0.3) is 0 Å². The van der Waals surface area contributed by atoms with Crippen molar-refractivity contribution in [2.75, 3.05) is 13.6 Å². The monoisotopic (exact) mass is 307 g/mol. The maximum atomic E-state index is 6.05. The highest BCUT2D eigenvalue weighted by Crippen LogP contribution is 2.19. The first-order chi connectivity index (χ1) is 9.67. The fourth-order valence-electron chi connectivity index (χ4n) is 2.50. The third-order valence-electron chi connectivity index (χ3n) is 3.32. The van der Waals surface area contributed by atoms with Gasteiger partial charge in [0, 0.05) is 10.0 Å². The zero-order chi connectivity index (χ0) is 14.4. The largest absolute Gasteiger partial charge is 0.319 e. The summed E-state index contributed by atoms with van der Waals surface area (Å²) in [5, 5.41) is 4.87. The van der Waals surface area contributed by atoms with Crippen LogP contribution in [-0.2, 0) is 12.8 Å². The Kier molecular flexibility index (Phi) is 5.90. The summed E-state index contributed by atoms with van der Waals surface area (Å²) in [5.41, 5.74) is 2.56. The Labute approximate surface area is 130 Å². The maximum absolute atomic E-state index is 6.05. The average Bonchev–Trinajstić information content (AvgIpc) is 2.39. The number of rotatable bonds is 6. The Hall–Kier alpha value is -1.02. The molecular formula is C17H19Cl2N. The minimum atomic E-state index is 0.525. The van der Waals surface area contributed by atoms with Gasteiger partial charge >= 0.3 is 0 Å². The quantitative estimate of drug-likeness (QED) is 0.821. The molecule has 0 aliphatic rings. The van der Waals surface area contributed by atoms with E-state index in [2.05, 4.69) is 17.4 Å². The molecule has 0 amide bonds. The predicted octanol–water partition coefficient (Wildman–Crippen LogP) is 4.61. The molecule has 0 bridgehead atoms. The Bertz CT molecular complexity index is 507. The average molecular weight is 308 g/mol. The summed E-state index contributed by atoms with van der Waals surface area (Å²) in [6.45, 7) is 0.971. The molecular weight excluding hydrogens is 289 g/mol. The van der Waals surface area contributed by atoms with E-state index in [0.717, 1.165) is 29.4 Å². The Morgan fingerprint density at radius 2 is 1.40 bits per heavy atom. The standard InChI is InChI=1S/C17H19Cl2N/c1-20-12-15(8-13-4-2-6-16(18)10-13)9-14-5-3-7-17(19)11-14/h2-7,10-11,15,20H,8-9,12H2,1H3. The smallest absolute Gasteiger partial charge is 0.0408 e. The summed E-state index contributed by atoms with van der Waals surface area (Å²) >= 11 is 12.1. The Morgan fingerprint density at radius 1 is 0.900 bits per heavy atom. The number of hydrogen-bond acceptors (Lipinski definition) is 1. The van der Waals surface area contributed by atoms with Crippen LogP contribution in [0.15, 0.2) is 48.5 Å². The molecule has 106 valence electrons. The van der Waals surface area contributed by atoms with Crippen molar-refractivity contribution in [3.63, 3.8) is 0 Å². The van der Waals surface area contributed by atoms with Crippen LogP contribution in [0.3, 0.4) is 0 Å². The summed E-state index contributed by atoms with van der Waals surface area (Å²) in [5.74, 6) is 0.525. The highest BCUT2D eigenvalue weighted by Gasteiger charge is 2.10. The fraction of sp³-hybridized carbons (Fsp3) is 0.294. The van der Waals surface area contributed by atoms with Crippen LogP contribution in [0, 0.1) is 5.92 Å². The maximum Gasteiger partial charge on any atom is 0.0408 e. The lowest BCUT2D eigenvalue weighted by Gasteiger charge is -2.17.